The third kappa shape index (κ3) is 5.84. The second-order valence-corrected chi connectivity index (χ2v) is 8.34. The summed E-state index contributed by atoms with van der Waals surface area (Å²) in [5.41, 5.74) is 3.46. The zero-order chi connectivity index (χ0) is 22.6. The van der Waals surface area contributed by atoms with Crippen LogP contribution in [0.25, 0.3) is 22.8 Å². The smallest absolute Gasteiger partial charge is 0.227 e. The minimum absolute atomic E-state index is 0.178. The van der Waals surface area contributed by atoms with E-state index in [0.717, 1.165) is 22.4 Å². The fourth-order valence-electron chi connectivity index (χ4n) is 2.74. The normalized spacial score (nSPS) is 11.0. The van der Waals surface area contributed by atoms with Crippen molar-refractivity contribution in [2.24, 2.45) is 7.05 Å². The van der Waals surface area contributed by atoms with Gasteiger partial charge in [-0.3, -0.25) is 0 Å². The summed E-state index contributed by atoms with van der Waals surface area (Å²) in [5.74, 6) is 0.984. The molecule has 0 saturated heterocycles. The number of benzene rings is 2. The largest absolute Gasteiger partial charge is 0.744 e. The highest BCUT2D eigenvalue weighted by atomic mass is 32.2. The van der Waals surface area contributed by atoms with Gasteiger partial charge in [0.15, 0.2) is 18.2 Å². The van der Waals surface area contributed by atoms with Crippen molar-refractivity contribution in [3.63, 3.8) is 0 Å². The predicted octanol–water partition coefficient (Wildman–Crippen LogP) is 4.18. The molecule has 0 amide bonds. The maximum atomic E-state index is 13.0. The zero-order valence-corrected chi connectivity index (χ0v) is 18.1. The number of rotatable bonds is 3. The van der Waals surface area contributed by atoms with Gasteiger partial charge in [-0.15, -0.1) is 0 Å². The predicted molar refractivity (Wildman–Crippen MR) is 112 cm³/mol. The molecule has 4 aromatic rings. The molecule has 0 unspecified atom stereocenters. The van der Waals surface area contributed by atoms with Gasteiger partial charge in [-0.2, -0.15) is 0 Å². The van der Waals surface area contributed by atoms with Gasteiger partial charge in [0, 0.05) is 23.3 Å². The van der Waals surface area contributed by atoms with Gasteiger partial charge >= 0.3 is 0 Å². The molecule has 2 aromatic heterocycles. The summed E-state index contributed by atoms with van der Waals surface area (Å²) in [6.45, 7) is 3.70. The lowest BCUT2D eigenvalue weighted by Crippen LogP contribution is -2.25. The van der Waals surface area contributed by atoms with Crippen LogP contribution >= 0.6 is 0 Å². The summed E-state index contributed by atoms with van der Waals surface area (Å²) < 4.78 is 51.9. The average molecular weight is 440 g/mol. The number of halogens is 1. The van der Waals surface area contributed by atoms with Gasteiger partial charge in [-0.25, -0.2) is 22.4 Å². The van der Waals surface area contributed by atoms with E-state index in [1.807, 2.05) is 50.0 Å². The lowest BCUT2D eigenvalue weighted by Gasteiger charge is -2.05. The Bertz CT molecular complexity index is 1260. The van der Waals surface area contributed by atoms with E-state index in [1.165, 1.54) is 24.3 Å². The number of nitrogens with zero attached hydrogens (tertiary/aromatic N) is 2. The maximum absolute atomic E-state index is 13.0. The Morgan fingerprint density at radius 3 is 2.03 bits per heavy atom. The number of hydrogen-bond acceptors (Lipinski definition) is 5. The second kappa shape index (κ2) is 9.20. The molecule has 0 saturated carbocycles. The molecular weight excluding hydrogens is 419 g/mol. The van der Waals surface area contributed by atoms with Crippen molar-refractivity contribution in [2.75, 3.05) is 0 Å². The molecule has 0 atom stereocenters. The van der Waals surface area contributed by atoms with Gasteiger partial charge < -0.3 is 8.97 Å². The van der Waals surface area contributed by atoms with Crippen LogP contribution in [0.2, 0.25) is 0 Å². The molecule has 0 radical (unpaired) electrons. The molecule has 4 rings (SSSR count). The SMILES string of the molecule is Cc1ccc(S(=O)(=O)[O-])cc1.Cc1nc(-c2cc[n+](C)cc2)oc1-c1ccc(F)cc1. The number of hydrogen-bond donors (Lipinski definition) is 0. The molecule has 0 N–H and O–H groups in total. The summed E-state index contributed by atoms with van der Waals surface area (Å²) >= 11 is 0. The summed E-state index contributed by atoms with van der Waals surface area (Å²) in [6.07, 6.45) is 3.87. The van der Waals surface area contributed by atoms with Crippen molar-refractivity contribution in [3.8, 4) is 22.8 Å². The van der Waals surface area contributed by atoms with Gasteiger partial charge in [-0.05, 0) is 50.2 Å². The van der Waals surface area contributed by atoms with Gasteiger partial charge in [0.2, 0.25) is 5.89 Å². The lowest BCUT2D eigenvalue weighted by atomic mass is 10.1. The molecule has 0 aliphatic carbocycles. The van der Waals surface area contributed by atoms with Crippen molar-refractivity contribution in [2.45, 2.75) is 18.7 Å². The molecule has 2 aromatic carbocycles. The van der Waals surface area contributed by atoms with E-state index in [-0.39, 0.29) is 10.7 Å². The van der Waals surface area contributed by atoms with Crippen LogP contribution in [0.4, 0.5) is 4.39 Å². The van der Waals surface area contributed by atoms with Crippen LogP contribution in [0, 0.1) is 19.7 Å². The van der Waals surface area contributed by atoms with E-state index >= 15 is 0 Å². The van der Waals surface area contributed by atoms with E-state index < -0.39 is 10.1 Å². The third-order valence-corrected chi connectivity index (χ3v) is 5.29. The zero-order valence-electron chi connectivity index (χ0n) is 17.2. The van der Waals surface area contributed by atoms with E-state index in [2.05, 4.69) is 4.98 Å². The minimum atomic E-state index is -4.27. The van der Waals surface area contributed by atoms with E-state index in [1.54, 1.807) is 24.3 Å². The number of aromatic nitrogens is 2. The second-order valence-electron chi connectivity index (χ2n) is 6.96. The van der Waals surface area contributed by atoms with Crippen LogP contribution in [0.15, 0.2) is 82.4 Å². The van der Waals surface area contributed by atoms with Crippen molar-refractivity contribution < 1.29 is 26.3 Å². The van der Waals surface area contributed by atoms with Gasteiger partial charge in [-0.1, -0.05) is 17.7 Å². The maximum Gasteiger partial charge on any atom is 0.227 e. The molecule has 0 spiro atoms. The van der Waals surface area contributed by atoms with Crippen LogP contribution in [0.5, 0.6) is 0 Å². The van der Waals surface area contributed by atoms with Crippen molar-refractivity contribution in [1.82, 2.24) is 4.98 Å². The molecule has 160 valence electrons. The standard InChI is InChI=1S/C16H14FN2O.C7H8O3S/c1-11-15(12-3-5-14(17)6-4-12)20-16(18-11)13-7-9-19(2)10-8-13;1-6-2-4-7(5-3-6)11(8,9)10/h3-10H,1-2H3;2-5H,1H3,(H,8,9,10)/q+1;/p-1. The molecule has 0 aliphatic heterocycles. The molecule has 31 heavy (non-hydrogen) atoms. The fraction of sp³-hybridized carbons (Fsp3) is 0.130. The minimum Gasteiger partial charge on any atom is -0.744 e. The molecule has 0 fully saturated rings. The number of oxazole rings is 1. The third-order valence-electron chi connectivity index (χ3n) is 4.44. The Kier molecular flexibility index (Phi) is 6.62. The topological polar surface area (TPSA) is 87.1 Å². The summed E-state index contributed by atoms with van der Waals surface area (Å²) in [6, 6.07) is 15.9. The number of pyridine rings is 1. The highest BCUT2D eigenvalue weighted by molar-refractivity contribution is 7.85. The Hall–Kier alpha value is -3.36. The lowest BCUT2D eigenvalue weighted by molar-refractivity contribution is -0.671. The van der Waals surface area contributed by atoms with Crippen LogP contribution in [-0.4, -0.2) is 18.0 Å². The summed E-state index contributed by atoms with van der Waals surface area (Å²) in [7, 11) is -2.32. The van der Waals surface area contributed by atoms with Gasteiger partial charge in [0.1, 0.15) is 23.0 Å². The van der Waals surface area contributed by atoms with Crippen molar-refractivity contribution >= 4 is 10.1 Å². The quantitative estimate of drug-likeness (QED) is 0.352. The Morgan fingerprint density at radius 2 is 1.48 bits per heavy atom. The molecule has 0 aliphatic rings. The van der Waals surface area contributed by atoms with E-state index in [0.29, 0.717) is 11.7 Å². The molecule has 8 heteroatoms. The van der Waals surface area contributed by atoms with Crippen molar-refractivity contribution in [1.29, 1.82) is 0 Å². The van der Waals surface area contributed by atoms with Crippen LogP contribution in [0.3, 0.4) is 0 Å². The monoisotopic (exact) mass is 440 g/mol. The first-order valence-electron chi connectivity index (χ1n) is 9.35. The van der Waals surface area contributed by atoms with E-state index in [4.69, 9.17) is 4.42 Å². The first-order valence-corrected chi connectivity index (χ1v) is 10.8. The van der Waals surface area contributed by atoms with Gasteiger partial charge in [0.25, 0.3) is 0 Å². The molecule has 6 nitrogen and oxygen atoms in total. The van der Waals surface area contributed by atoms with Crippen molar-refractivity contribution in [3.05, 3.63) is 90.1 Å². The Balaban J connectivity index is 0.000000210. The number of aryl methyl sites for hydroxylation is 3. The Morgan fingerprint density at radius 1 is 0.903 bits per heavy atom. The summed E-state index contributed by atoms with van der Waals surface area (Å²) in [4.78, 5) is 4.26. The first kappa shape index (κ1) is 22.3. The van der Waals surface area contributed by atoms with Gasteiger partial charge in [0.05, 0.1) is 10.6 Å². The highest BCUT2D eigenvalue weighted by Crippen LogP contribution is 2.29. The van der Waals surface area contributed by atoms with Crippen LogP contribution in [0.1, 0.15) is 11.3 Å². The molecular formula is C23H21FN2O4S. The highest BCUT2D eigenvalue weighted by Gasteiger charge is 2.14. The fourth-order valence-corrected chi connectivity index (χ4v) is 3.21. The van der Waals surface area contributed by atoms with Crippen LogP contribution in [-0.2, 0) is 17.2 Å². The summed E-state index contributed by atoms with van der Waals surface area (Å²) in [5, 5.41) is 0. The first-order chi connectivity index (χ1) is 14.6. The molecule has 0 bridgehead atoms. The average Bonchev–Trinajstić information content (AvgIpc) is 3.11. The molecule has 2 heterocycles. The van der Waals surface area contributed by atoms with E-state index in [9.17, 15) is 17.4 Å². The van der Waals surface area contributed by atoms with Crippen LogP contribution < -0.4 is 4.57 Å². The Labute approximate surface area is 180 Å².